The Labute approximate surface area is 113 Å². The Balaban J connectivity index is 1.58. The summed E-state index contributed by atoms with van der Waals surface area (Å²) < 4.78 is 5.75. The van der Waals surface area contributed by atoms with Gasteiger partial charge in [-0.15, -0.1) is 0 Å². The molecule has 2 aliphatic rings. The SMILES string of the molecule is O=C1NCCC1CCN1CCOc2ccccc2C1. The number of rotatable bonds is 3. The van der Waals surface area contributed by atoms with Crippen LogP contribution in [-0.4, -0.2) is 37.0 Å². The maximum absolute atomic E-state index is 11.6. The van der Waals surface area contributed by atoms with Gasteiger partial charge >= 0.3 is 0 Å². The lowest BCUT2D eigenvalue weighted by Crippen LogP contribution is -2.29. The first kappa shape index (κ1) is 12.5. The van der Waals surface area contributed by atoms with Crippen molar-refractivity contribution in [3.05, 3.63) is 29.8 Å². The third-order valence-corrected chi connectivity index (χ3v) is 3.99. The van der Waals surface area contributed by atoms with E-state index in [1.54, 1.807) is 0 Å². The van der Waals surface area contributed by atoms with E-state index in [-0.39, 0.29) is 11.8 Å². The normalized spacial score (nSPS) is 23.4. The van der Waals surface area contributed by atoms with Crippen LogP contribution in [0, 0.1) is 5.92 Å². The molecule has 0 aliphatic carbocycles. The predicted molar refractivity (Wildman–Crippen MR) is 72.9 cm³/mol. The van der Waals surface area contributed by atoms with Crippen molar-refractivity contribution in [1.82, 2.24) is 10.2 Å². The Morgan fingerprint density at radius 3 is 3.11 bits per heavy atom. The van der Waals surface area contributed by atoms with Crippen molar-refractivity contribution in [1.29, 1.82) is 0 Å². The van der Waals surface area contributed by atoms with Gasteiger partial charge in [-0.2, -0.15) is 0 Å². The molecular formula is C15H20N2O2. The first-order valence-corrected chi connectivity index (χ1v) is 7.04. The fourth-order valence-corrected chi connectivity index (χ4v) is 2.83. The summed E-state index contributed by atoms with van der Waals surface area (Å²) in [5.41, 5.74) is 1.25. The van der Waals surface area contributed by atoms with Crippen molar-refractivity contribution in [2.45, 2.75) is 19.4 Å². The highest BCUT2D eigenvalue weighted by atomic mass is 16.5. The zero-order valence-electron chi connectivity index (χ0n) is 11.1. The maximum atomic E-state index is 11.6. The zero-order chi connectivity index (χ0) is 13.1. The van der Waals surface area contributed by atoms with Crippen LogP contribution in [0.4, 0.5) is 0 Å². The molecule has 19 heavy (non-hydrogen) atoms. The number of hydrogen-bond acceptors (Lipinski definition) is 3. The Hall–Kier alpha value is -1.55. The lowest BCUT2D eigenvalue weighted by molar-refractivity contribution is -0.122. The fraction of sp³-hybridized carbons (Fsp3) is 0.533. The molecule has 4 heteroatoms. The van der Waals surface area contributed by atoms with Crippen molar-refractivity contribution in [3.63, 3.8) is 0 Å². The molecule has 1 atom stereocenters. The minimum absolute atomic E-state index is 0.208. The van der Waals surface area contributed by atoms with Crippen LogP contribution in [0.25, 0.3) is 0 Å². The van der Waals surface area contributed by atoms with E-state index < -0.39 is 0 Å². The molecule has 1 aromatic carbocycles. The van der Waals surface area contributed by atoms with Crippen LogP contribution >= 0.6 is 0 Å². The molecule has 1 fully saturated rings. The minimum Gasteiger partial charge on any atom is -0.492 e. The quantitative estimate of drug-likeness (QED) is 0.893. The second-order valence-electron chi connectivity index (χ2n) is 5.30. The number of carbonyl (C=O) groups excluding carboxylic acids is 1. The van der Waals surface area contributed by atoms with Gasteiger partial charge in [0.2, 0.25) is 5.91 Å². The van der Waals surface area contributed by atoms with Crippen LogP contribution < -0.4 is 10.1 Å². The maximum Gasteiger partial charge on any atom is 0.223 e. The summed E-state index contributed by atoms with van der Waals surface area (Å²) in [6.07, 6.45) is 1.94. The lowest BCUT2D eigenvalue weighted by Gasteiger charge is -2.20. The fourth-order valence-electron chi connectivity index (χ4n) is 2.83. The molecule has 0 spiro atoms. The van der Waals surface area contributed by atoms with E-state index in [9.17, 15) is 4.79 Å². The van der Waals surface area contributed by atoms with Crippen LogP contribution in [-0.2, 0) is 11.3 Å². The standard InChI is InChI=1S/C15H20N2O2/c18-15-12(5-7-16-15)6-8-17-9-10-19-14-4-2-1-3-13(14)11-17/h1-4,12H,5-11H2,(H,16,18). The molecule has 1 unspecified atom stereocenters. The largest absolute Gasteiger partial charge is 0.492 e. The highest BCUT2D eigenvalue weighted by molar-refractivity contribution is 5.80. The molecule has 1 aromatic rings. The average molecular weight is 260 g/mol. The number of hydrogen-bond donors (Lipinski definition) is 1. The number of nitrogens with zero attached hydrogens (tertiary/aromatic N) is 1. The number of nitrogens with one attached hydrogen (secondary N) is 1. The van der Waals surface area contributed by atoms with Gasteiger partial charge in [-0.3, -0.25) is 9.69 Å². The Morgan fingerprint density at radius 2 is 2.26 bits per heavy atom. The van der Waals surface area contributed by atoms with E-state index >= 15 is 0 Å². The van der Waals surface area contributed by atoms with Crippen molar-refractivity contribution in [2.75, 3.05) is 26.2 Å². The van der Waals surface area contributed by atoms with Gasteiger partial charge < -0.3 is 10.1 Å². The van der Waals surface area contributed by atoms with Crippen molar-refractivity contribution in [3.8, 4) is 5.75 Å². The summed E-state index contributed by atoms with van der Waals surface area (Å²) in [4.78, 5) is 13.9. The second-order valence-corrected chi connectivity index (χ2v) is 5.30. The summed E-state index contributed by atoms with van der Waals surface area (Å²) in [5.74, 6) is 1.44. The van der Waals surface area contributed by atoms with E-state index in [4.69, 9.17) is 4.74 Å². The van der Waals surface area contributed by atoms with E-state index in [0.29, 0.717) is 0 Å². The molecule has 2 aliphatic heterocycles. The molecule has 1 amide bonds. The van der Waals surface area contributed by atoms with Gasteiger partial charge in [-0.05, 0) is 25.5 Å². The molecule has 0 radical (unpaired) electrons. The minimum atomic E-state index is 0.208. The predicted octanol–water partition coefficient (Wildman–Crippen LogP) is 1.41. The topological polar surface area (TPSA) is 41.6 Å². The highest BCUT2D eigenvalue weighted by Gasteiger charge is 2.25. The Kier molecular flexibility index (Phi) is 3.69. The van der Waals surface area contributed by atoms with Crippen molar-refractivity contribution >= 4 is 5.91 Å². The average Bonchev–Trinajstić information content (AvgIpc) is 2.72. The van der Waals surface area contributed by atoms with Crippen molar-refractivity contribution in [2.24, 2.45) is 5.92 Å². The van der Waals surface area contributed by atoms with Gasteiger partial charge in [0.15, 0.2) is 0 Å². The van der Waals surface area contributed by atoms with Crippen molar-refractivity contribution < 1.29 is 9.53 Å². The zero-order valence-corrected chi connectivity index (χ0v) is 11.1. The molecule has 0 bridgehead atoms. The van der Waals surface area contributed by atoms with Gasteiger partial charge in [0, 0.05) is 31.1 Å². The molecule has 0 saturated carbocycles. The van der Waals surface area contributed by atoms with Crippen LogP contribution in [0.1, 0.15) is 18.4 Å². The smallest absolute Gasteiger partial charge is 0.223 e. The Morgan fingerprint density at radius 1 is 1.37 bits per heavy atom. The van der Waals surface area contributed by atoms with Gasteiger partial charge in [-0.25, -0.2) is 0 Å². The molecule has 102 valence electrons. The van der Waals surface area contributed by atoms with Gasteiger partial charge in [0.1, 0.15) is 12.4 Å². The molecule has 3 rings (SSSR count). The number of amides is 1. The van der Waals surface area contributed by atoms with E-state index in [0.717, 1.165) is 51.4 Å². The monoisotopic (exact) mass is 260 g/mol. The summed E-state index contributed by atoms with van der Waals surface area (Å²) in [6.45, 7) is 4.40. The van der Waals surface area contributed by atoms with Gasteiger partial charge in [0.05, 0.1) is 0 Å². The summed E-state index contributed by atoms with van der Waals surface area (Å²) >= 11 is 0. The molecule has 1 N–H and O–H groups in total. The molecule has 2 heterocycles. The first-order chi connectivity index (χ1) is 9.33. The third-order valence-electron chi connectivity index (χ3n) is 3.99. The number of ether oxygens (including phenoxy) is 1. The third kappa shape index (κ3) is 2.89. The van der Waals surface area contributed by atoms with Crippen LogP contribution in [0.2, 0.25) is 0 Å². The molecule has 4 nitrogen and oxygen atoms in total. The van der Waals surface area contributed by atoms with E-state index in [1.807, 2.05) is 12.1 Å². The molecule has 1 saturated heterocycles. The van der Waals surface area contributed by atoms with E-state index in [2.05, 4.69) is 22.3 Å². The van der Waals surface area contributed by atoms with Crippen LogP contribution in [0.15, 0.2) is 24.3 Å². The number of carbonyl (C=O) groups is 1. The number of benzene rings is 1. The number of para-hydroxylation sites is 1. The second kappa shape index (κ2) is 5.61. The summed E-state index contributed by atoms with van der Waals surface area (Å²) in [6, 6.07) is 8.21. The molecular weight excluding hydrogens is 240 g/mol. The van der Waals surface area contributed by atoms with Crippen LogP contribution in [0.5, 0.6) is 5.75 Å². The van der Waals surface area contributed by atoms with E-state index in [1.165, 1.54) is 5.56 Å². The lowest BCUT2D eigenvalue weighted by atomic mass is 10.0. The highest BCUT2D eigenvalue weighted by Crippen LogP contribution is 2.23. The summed E-state index contributed by atoms with van der Waals surface area (Å²) in [7, 11) is 0. The first-order valence-electron chi connectivity index (χ1n) is 7.04. The van der Waals surface area contributed by atoms with Gasteiger partial charge in [-0.1, -0.05) is 18.2 Å². The molecule has 0 aromatic heterocycles. The van der Waals surface area contributed by atoms with Crippen LogP contribution in [0.3, 0.4) is 0 Å². The van der Waals surface area contributed by atoms with Gasteiger partial charge in [0.25, 0.3) is 0 Å². The Bertz CT molecular complexity index is 461. The number of fused-ring (bicyclic) bond motifs is 1. The summed E-state index contributed by atoms with van der Waals surface area (Å²) in [5, 5.41) is 2.90.